The van der Waals surface area contributed by atoms with Crippen LogP contribution in [0, 0.1) is 0 Å². The Morgan fingerprint density at radius 3 is 0.800 bits per heavy atom. The van der Waals surface area contributed by atoms with Crippen molar-refractivity contribution in [2.45, 2.75) is 171 Å². The van der Waals surface area contributed by atoms with Crippen molar-refractivity contribution in [1.29, 1.82) is 0 Å². The van der Waals surface area contributed by atoms with Gasteiger partial charge < -0.3 is 16.0 Å². The van der Waals surface area contributed by atoms with Crippen LogP contribution in [0.15, 0.2) is 18.2 Å². The first-order valence-electron chi connectivity index (χ1n) is 18.0. The van der Waals surface area contributed by atoms with Crippen molar-refractivity contribution in [2.75, 3.05) is 0 Å². The Bertz CT molecular complexity index is 1030. The summed E-state index contributed by atoms with van der Waals surface area (Å²) in [6.45, 7) is 22.0. The van der Waals surface area contributed by atoms with Gasteiger partial charge in [0.25, 0.3) is 17.7 Å². The molecule has 0 unspecified atom stereocenters. The lowest BCUT2D eigenvalue weighted by Gasteiger charge is -2.36. The maximum atomic E-state index is 13.6. The molecular weight excluding hydrogens is 607 g/mol. The van der Waals surface area contributed by atoms with Crippen molar-refractivity contribution >= 4 is 41.9 Å². The summed E-state index contributed by atoms with van der Waals surface area (Å²) in [6, 6.07) is 5.51. The maximum absolute atomic E-state index is 13.6. The van der Waals surface area contributed by atoms with Gasteiger partial charge in [-0.1, -0.05) is 97.4 Å². The van der Waals surface area contributed by atoms with Crippen LogP contribution in [0.4, 0.5) is 0 Å². The van der Waals surface area contributed by atoms with E-state index in [2.05, 4.69) is 74.9 Å². The number of carbonyl (C=O) groups excluding carboxylic acids is 3. The Hall–Kier alpha value is -1.72. The highest BCUT2D eigenvalue weighted by Crippen LogP contribution is 2.39. The molecule has 3 amide bonds. The molecule has 9 heteroatoms. The minimum absolute atomic E-state index is 0.142. The first-order chi connectivity index (χ1) is 20.9. The Labute approximate surface area is 277 Å². The van der Waals surface area contributed by atoms with Crippen LogP contribution in [0.1, 0.15) is 108 Å². The highest BCUT2D eigenvalue weighted by atomic mass is 28.3. The third kappa shape index (κ3) is 10.1. The summed E-state index contributed by atoms with van der Waals surface area (Å²) in [4.78, 5) is 40.9. The number of carbonyl (C=O) groups is 3. The predicted octanol–water partition coefficient (Wildman–Crippen LogP) is 8.83. The topological polar surface area (TPSA) is 87.3 Å². The van der Waals surface area contributed by atoms with E-state index in [9.17, 15) is 14.4 Å². The van der Waals surface area contributed by atoms with Crippen molar-refractivity contribution in [3.05, 3.63) is 34.9 Å². The lowest BCUT2D eigenvalue weighted by molar-refractivity contribution is 0.0926. The monoisotopic (exact) mass is 669 g/mol. The average molecular weight is 670 g/mol. The van der Waals surface area contributed by atoms with Crippen LogP contribution in [0.3, 0.4) is 0 Å². The molecule has 0 aromatic heterocycles. The number of nitrogens with one attached hydrogen (secondary N) is 3. The zero-order valence-corrected chi connectivity index (χ0v) is 32.9. The van der Waals surface area contributed by atoms with Gasteiger partial charge in [-0.25, -0.2) is 0 Å². The molecule has 3 N–H and O–H groups in total. The second-order valence-corrected chi connectivity index (χ2v) is 34.6. The van der Waals surface area contributed by atoms with E-state index in [1.807, 2.05) is 0 Å². The number of benzene rings is 1. The molecule has 3 fully saturated rings. The van der Waals surface area contributed by atoms with E-state index in [0.717, 1.165) is 93.7 Å². The SMILES string of the molecule is C[Si](C)(C)C1CCC(NC(=O)c2cc(C(=O)NC3CCC([Si](C)(C)C)CC3)cc(C(=O)NC3CCC([Si](C)(C)C)CC3)c2)CC1. The summed E-state index contributed by atoms with van der Waals surface area (Å²) in [5.74, 6) is -0.538. The smallest absolute Gasteiger partial charge is 0.251 e. The third-order valence-corrected chi connectivity index (χ3v) is 20.7. The molecule has 4 rings (SSSR count). The molecule has 6 nitrogen and oxygen atoms in total. The number of rotatable bonds is 9. The molecule has 0 heterocycles. The van der Waals surface area contributed by atoms with Crippen LogP contribution in [0.5, 0.6) is 0 Å². The van der Waals surface area contributed by atoms with Crippen LogP contribution in [0.25, 0.3) is 0 Å². The van der Waals surface area contributed by atoms with Crippen LogP contribution in [-0.4, -0.2) is 60.1 Å². The molecule has 0 saturated heterocycles. The summed E-state index contributed by atoms with van der Waals surface area (Å²) in [5, 5.41) is 9.78. The Morgan fingerprint density at radius 1 is 0.422 bits per heavy atom. The minimum atomic E-state index is -1.19. The summed E-state index contributed by atoms with van der Waals surface area (Å²) in [5.41, 5.74) is 3.62. The molecular formula is C36H63N3O3Si3. The molecule has 3 aliphatic carbocycles. The van der Waals surface area contributed by atoms with Gasteiger partial charge in [-0.3, -0.25) is 14.4 Å². The molecule has 0 spiro atoms. The second-order valence-electron chi connectivity index (χ2n) is 18.0. The van der Waals surface area contributed by atoms with Gasteiger partial charge in [0.05, 0.1) is 0 Å². The van der Waals surface area contributed by atoms with Crippen LogP contribution in [-0.2, 0) is 0 Å². The van der Waals surface area contributed by atoms with Crippen LogP contribution < -0.4 is 16.0 Å². The second kappa shape index (κ2) is 14.6. The fourth-order valence-corrected chi connectivity index (χ4v) is 14.3. The van der Waals surface area contributed by atoms with Gasteiger partial charge in [0.2, 0.25) is 0 Å². The number of hydrogen-bond donors (Lipinski definition) is 3. The highest BCUT2D eigenvalue weighted by molar-refractivity contribution is 6.78. The predicted molar refractivity (Wildman–Crippen MR) is 197 cm³/mol. The zero-order chi connectivity index (χ0) is 33.2. The highest BCUT2D eigenvalue weighted by Gasteiger charge is 2.34. The van der Waals surface area contributed by atoms with Crippen LogP contribution in [0.2, 0.25) is 75.5 Å². The first-order valence-corrected chi connectivity index (χ1v) is 28.7. The van der Waals surface area contributed by atoms with Gasteiger partial charge in [-0.05, 0) is 73.3 Å². The summed E-state index contributed by atoms with van der Waals surface area (Å²) in [7, 11) is -3.58. The Morgan fingerprint density at radius 2 is 0.622 bits per heavy atom. The standard InChI is InChI=1S/C36H63N3O3Si3/c1-43(2,3)31-16-10-28(11-17-31)37-34(40)25-22-26(35(41)38-29-12-18-32(19-13-29)44(4,5)6)24-27(23-25)36(42)39-30-14-20-33(21-15-30)45(7,8)9/h22-24,28-33H,10-21H2,1-9H3,(H,37,40)(H,38,41)(H,39,42). The van der Waals surface area contributed by atoms with Gasteiger partial charge >= 0.3 is 0 Å². The molecule has 0 radical (unpaired) electrons. The van der Waals surface area contributed by atoms with Crippen molar-refractivity contribution in [3.63, 3.8) is 0 Å². The maximum Gasteiger partial charge on any atom is 0.251 e. The normalized spacial score (nSPS) is 28.2. The van der Waals surface area contributed by atoms with Gasteiger partial charge in [0.15, 0.2) is 0 Å². The molecule has 3 saturated carbocycles. The number of hydrogen-bond acceptors (Lipinski definition) is 3. The van der Waals surface area contributed by atoms with E-state index >= 15 is 0 Å². The largest absolute Gasteiger partial charge is 0.349 e. The molecule has 252 valence electrons. The van der Waals surface area contributed by atoms with Crippen LogP contribution >= 0.6 is 0 Å². The van der Waals surface area contributed by atoms with Crippen molar-refractivity contribution in [2.24, 2.45) is 0 Å². The summed E-state index contributed by atoms with van der Waals surface area (Å²) >= 11 is 0. The fraction of sp³-hybridized carbons (Fsp3) is 0.750. The molecule has 0 atom stereocenters. The molecule has 0 aliphatic heterocycles. The quantitative estimate of drug-likeness (QED) is 0.230. The fourth-order valence-electron chi connectivity index (χ4n) is 8.14. The van der Waals surface area contributed by atoms with Crippen molar-refractivity contribution in [1.82, 2.24) is 16.0 Å². The Kier molecular flexibility index (Phi) is 11.7. The van der Waals surface area contributed by atoms with E-state index in [1.165, 1.54) is 0 Å². The minimum Gasteiger partial charge on any atom is -0.349 e. The van der Waals surface area contributed by atoms with Crippen molar-refractivity contribution < 1.29 is 14.4 Å². The van der Waals surface area contributed by atoms with Gasteiger partial charge in [0.1, 0.15) is 0 Å². The lowest BCUT2D eigenvalue weighted by Crippen LogP contribution is -2.42. The molecule has 45 heavy (non-hydrogen) atoms. The number of amides is 3. The van der Waals surface area contributed by atoms with Crippen molar-refractivity contribution in [3.8, 4) is 0 Å². The third-order valence-electron chi connectivity index (χ3n) is 11.6. The van der Waals surface area contributed by atoms with Gasteiger partial charge in [-0.15, -0.1) is 0 Å². The average Bonchev–Trinajstić information content (AvgIpc) is 2.96. The summed E-state index contributed by atoms with van der Waals surface area (Å²) in [6.07, 6.45) is 12.9. The lowest BCUT2D eigenvalue weighted by atomic mass is 9.93. The first kappa shape index (κ1) is 36.1. The van der Waals surface area contributed by atoms with E-state index < -0.39 is 24.2 Å². The van der Waals surface area contributed by atoms with Gasteiger partial charge in [0, 0.05) is 59.0 Å². The molecule has 0 bridgehead atoms. The molecule has 1 aromatic rings. The van der Waals surface area contributed by atoms with E-state index in [-0.39, 0.29) is 35.8 Å². The molecule has 3 aliphatic rings. The van der Waals surface area contributed by atoms with E-state index in [1.54, 1.807) is 18.2 Å². The zero-order valence-electron chi connectivity index (χ0n) is 29.9. The molecule has 1 aromatic carbocycles. The Balaban J connectivity index is 1.47. The van der Waals surface area contributed by atoms with E-state index in [0.29, 0.717) is 16.7 Å². The van der Waals surface area contributed by atoms with E-state index in [4.69, 9.17) is 0 Å². The summed E-state index contributed by atoms with van der Waals surface area (Å²) < 4.78 is 0. The van der Waals surface area contributed by atoms with Gasteiger partial charge in [-0.2, -0.15) is 0 Å².